The van der Waals surface area contributed by atoms with Gasteiger partial charge in [-0.3, -0.25) is 0 Å². The zero-order valence-electron chi connectivity index (χ0n) is 8.78. The molecule has 0 fully saturated rings. The van der Waals surface area contributed by atoms with Gasteiger partial charge < -0.3 is 4.40 Å². The average Bonchev–Trinajstić information content (AvgIpc) is 2.47. The summed E-state index contributed by atoms with van der Waals surface area (Å²) < 4.78 is 2.10. The Morgan fingerprint density at radius 3 is 2.93 bits per heavy atom. The van der Waals surface area contributed by atoms with Crippen LogP contribution in [0.1, 0.15) is 25.1 Å². The Balaban J connectivity index is 2.64. The van der Waals surface area contributed by atoms with Gasteiger partial charge in [0.25, 0.3) is 0 Å². The van der Waals surface area contributed by atoms with Crippen LogP contribution in [0.25, 0.3) is 11.7 Å². The number of rotatable bonds is 1. The van der Waals surface area contributed by atoms with E-state index in [1.54, 1.807) is 0 Å². The zero-order valence-corrected chi connectivity index (χ0v) is 8.78. The minimum atomic E-state index is 1.01. The number of fused-ring (bicyclic) bond motifs is 1. The highest BCUT2D eigenvalue weighted by molar-refractivity contribution is 5.54. The maximum absolute atomic E-state index is 4.35. The molecule has 0 amide bonds. The van der Waals surface area contributed by atoms with E-state index in [4.69, 9.17) is 0 Å². The number of hydrogen-bond donors (Lipinski definition) is 0. The van der Waals surface area contributed by atoms with Gasteiger partial charge in [0.15, 0.2) is 0 Å². The molecule has 2 heteroatoms. The number of nitrogens with zero attached hydrogens (tertiary/aromatic N) is 2. The van der Waals surface area contributed by atoms with Gasteiger partial charge >= 0.3 is 0 Å². The van der Waals surface area contributed by atoms with Crippen molar-refractivity contribution in [2.75, 3.05) is 0 Å². The third-order valence-corrected chi connectivity index (χ3v) is 2.13. The summed E-state index contributed by atoms with van der Waals surface area (Å²) in [7, 11) is 0. The summed E-state index contributed by atoms with van der Waals surface area (Å²) >= 11 is 0. The quantitative estimate of drug-likeness (QED) is 0.669. The van der Waals surface area contributed by atoms with Crippen molar-refractivity contribution >= 4 is 11.7 Å². The molecule has 0 saturated carbocycles. The summed E-state index contributed by atoms with van der Waals surface area (Å²) in [6.07, 6.45) is 6.10. The van der Waals surface area contributed by atoms with Crippen molar-refractivity contribution in [2.24, 2.45) is 0 Å². The molecule has 0 spiro atoms. The topological polar surface area (TPSA) is 17.3 Å². The van der Waals surface area contributed by atoms with E-state index in [1.165, 1.54) is 11.1 Å². The lowest BCUT2D eigenvalue weighted by Gasteiger charge is -1.98. The number of hydrogen-bond acceptors (Lipinski definition) is 1. The van der Waals surface area contributed by atoms with Crippen molar-refractivity contribution in [1.82, 2.24) is 9.38 Å². The SMILES string of the molecule is CC(C)=Cc1cnc2cc(C)ccn12. The number of imidazole rings is 1. The van der Waals surface area contributed by atoms with E-state index in [2.05, 4.69) is 54.6 Å². The molecule has 2 aromatic heterocycles. The third kappa shape index (κ3) is 1.55. The number of pyridine rings is 1. The van der Waals surface area contributed by atoms with E-state index in [-0.39, 0.29) is 0 Å². The summed E-state index contributed by atoms with van der Waals surface area (Å²) in [4.78, 5) is 4.35. The van der Waals surface area contributed by atoms with E-state index in [0.29, 0.717) is 0 Å². The lowest BCUT2D eigenvalue weighted by Crippen LogP contribution is -1.87. The summed E-state index contributed by atoms with van der Waals surface area (Å²) in [5, 5.41) is 0. The predicted octanol–water partition coefficient (Wildman–Crippen LogP) is 3.07. The lowest BCUT2D eigenvalue weighted by molar-refractivity contribution is 1.15. The Hall–Kier alpha value is -1.57. The molecule has 0 aromatic carbocycles. The first-order chi connectivity index (χ1) is 6.66. The van der Waals surface area contributed by atoms with Crippen LogP contribution in [0.2, 0.25) is 0 Å². The van der Waals surface area contributed by atoms with Crippen molar-refractivity contribution in [3.63, 3.8) is 0 Å². The van der Waals surface area contributed by atoms with E-state index in [1.807, 2.05) is 6.20 Å². The highest BCUT2D eigenvalue weighted by atomic mass is 15.0. The summed E-state index contributed by atoms with van der Waals surface area (Å²) in [6.45, 7) is 6.26. The van der Waals surface area contributed by atoms with E-state index in [9.17, 15) is 0 Å². The highest BCUT2D eigenvalue weighted by Crippen LogP contribution is 2.11. The van der Waals surface area contributed by atoms with Crippen LogP contribution in [0.3, 0.4) is 0 Å². The first-order valence-corrected chi connectivity index (χ1v) is 4.75. The Bertz CT molecular complexity index is 488. The van der Waals surface area contributed by atoms with Crippen LogP contribution in [0, 0.1) is 6.92 Å². The summed E-state index contributed by atoms with van der Waals surface area (Å²) in [6, 6.07) is 4.18. The molecule has 2 rings (SSSR count). The first-order valence-electron chi connectivity index (χ1n) is 4.75. The minimum absolute atomic E-state index is 1.01. The molecule has 2 heterocycles. The second-order valence-electron chi connectivity index (χ2n) is 3.84. The van der Waals surface area contributed by atoms with Crippen LogP contribution in [0.4, 0.5) is 0 Å². The van der Waals surface area contributed by atoms with Gasteiger partial charge in [0.1, 0.15) is 5.65 Å². The van der Waals surface area contributed by atoms with Gasteiger partial charge in [0, 0.05) is 6.20 Å². The Morgan fingerprint density at radius 1 is 1.43 bits per heavy atom. The number of aryl methyl sites for hydroxylation is 1. The second kappa shape index (κ2) is 3.29. The first kappa shape index (κ1) is 9.00. The molecule has 72 valence electrons. The highest BCUT2D eigenvalue weighted by Gasteiger charge is 1.99. The van der Waals surface area contributed by atoms with Crippen LogP contribution in [-0.4, -0.2) is 9.38 Å². The largest absolute Gasteiger partial charge is 0.300 e. The maximum Gasteiger partial charge on any atom is 0.137 e. The fourth-order valence-electron chi connectivity index (χ4n) is 1.50. The van der Waals surface area contributed by atoms with Crippen molar-refractivity contribution in [3.05, 3.63) is 41.4 Å². The van der Waals surface area contributed by atoms with Crippen LogP contribution < -0.4 is 0 Å². The molecule has 0 atom stereocenters. The second-order valence-corrected chi connectivity index (χ2v) is 3.84. The molecule has 0 aliphatic rings. The zero-order chi connectivity index (χ0) is 10.1. The molecule has 2 aromatic rings. The molecule has 0 N–H and O–H groups in total. The fourth-order valence-corrected chi connectivity index (χ4v) is 1.50. The molecular formula is C12H14N2. The van der Waals surface area contributed by atoms with Crippen molar-refractivity contribution in [3.8, 4) is 0 Å². The standard InChI is InChI=1S/C12H14N2/c1-9(2)6-11-8-13-12-7-10(3)4-5-14(11)12/h4-8H,1-3H3. The van der Waals surface area contributed by atoms with Gasteiger partial charge in [0.05, 0.1) is 11.9 Å². The number of aromatic nitrogens is 2. The number of allylic oxidation sites excluding steroid dienone is 1. The minimum Gasteiger partial charge on any atom is -0.300 e. The summed E-state index contributed by atoms with van der Waals surface area (Å²) in [5.41, 5.74) is 4.68. The fraction of sp³-hybridized carbons (Fsp3) is 0.250. The lowest BCUT2D eigenvalue weighted by atomic mass is 10.3. The van der Waals surface area contributed by atoms with Gasteiger partial charge in [-0.05, 0) is 44.5 Å². The molecule has 0 bridgehead atoms. The van der Waals surface area contributed by atoms with E-state index >= 15 is 0 Å². The van der Waals surface area contributed by atoms with Crippen LogP contribution in [0.5, 0.6) is 0 Å². The summed E-state index contributed by atoms with van der Waals surface area (Å²) in [5.74, 6) is 0. The van der Waals surface area contributed by atoms with Gasteiger partial charge in [-0.25, -0.2) is 4.98 Å². The Morgan fingerprint density at radius 2 is 2.21 bits per heavy atom. The van der Waals surface area contributed by atoms with Crippen LogP contribution in [0.15, 0.2) is 30.1 Å². The van der Waals surface area contributed by atoms with Crippen LogP contribution >= 0.6 is 0 Å². The molecule has 14 heavy (non-hydrogen) atoms. The molecule has 0 saturated heterocycles. The van der Waals surface area contributed by atoms with Crippen molar-refractivity contribution in [2.45, 2.75) is 20.8 Å². The average molecular weight is 186 g/mol. The maximum atomic E-state index is 4.35. The van der Waals surface area contributed by atoms with Crippen molar-refractivity contribution in [1.29, 1.82) is 0 Å². The normalized spacial score (nSPS) is 10.5. The van der Waals surface area contributed by atoms with Gasteiger partial charge in [-0.15, -0.1) is 0 Å². The molecule has 0 aliphatic carbocycles. The molecule has 2 nitrogen and oxygen atoms in total. The predicted molar refractivity (Wildman–Crippen MR) is 59.3 cm³/mol. The van der Waals surface area contributed by atoms with E-state index in [0.717, 1.165) is 11.3 Å². The molecule has 0 aliphatic heterocycles. The van der Waals surface area contributed by atoms with Gasteiger partial charge in [-0.2, -0.15) is 0 Å². The van der Waals surface area contributed by atoms with E-state index < -0.39 is 0 Å². The molecule has 0 radical (unpaired) electrons. The van der Waals surface area contributed by atoms with Crippen LogP contribution in [-0.2, 0) is 0 Å². The molecule has 0 unspecified atom stereocenters. The van der Waals surface area contributed by atoms with Gasteiger partial charge in [0.2, 0.25) is 0 Å². The molecular weight excluding hydrogens is 172 g/mol. The monoisotopic (exact) mass is 186 g/mol. The Labute approximate surface area is 83.9 Å². The smallest absolute Gasteiger partial charge is 0.137 e. The Kier molecular flexibility index (Phi) is 2.12. The van der Waals surface area contributed by atoms with Crippen molar-refractivity contribution < 1.29 is 0 Å². The third-order valence-electron chi connectivity index (χ3n) is 2.13. The van der Waals surface area contributed by atoms with Gasteiger partial charge in [-0.1, -0.05) is 5.57 Å².